The van der Waals surface area contributed by atoms with Gasteiger partial charge in [-0.2, -0.15) is 0 Å². The van der Waals surface area contributed by atoms with E-state index in [2.05, 4.69) is 34.5 Å². The summed E-state index contributed by atoms with van der Waals surface area (Å²) >= 11 is 0. The van der Waals surface area contributed by atoms with E-state index >= 15 is 0 Å². The van der Waals surface area contributed by atoms with Crippen LogP contribution in [0.4, 0.5) is 5.69 Å². The van der Waals surface area contributed by atoms with Crippen LogP contribution in [0.1, 0.15) is 38.5 Å². The number of hydrogen-bond acceptors (Lipinski definition) is 3. The smallest absolute Gasteiger partial charge is 0.223 e. The Morgan fingerprint density at radius 2 is 1.92 bits per heavy atom. The highest BCUT2D eigenvalue weighted by Crippen LogP contribution is 2.46. The van der Waals surface area contributed by atoms with Gasteiger partial charge in [0.1, 0.15) is 0 Å². The Morgan fingerprint density at radius 3 is 2.71 bits per heavy atom. The number of nitrogens with one attached hydrogen (secondary N) is 1. The summed E-state index contributed by atoms with van der Waals surface area (Å²) in [6, 6.07) is 10.7. The van der Waals surface area contributed by atoms with E-state index in [0.29, 0.717) is 11.8 Å². The fourth-order valence-corrected chi connectivity index (χ4v) is 5.02. The van der Waals surface area contributed by atoms with E-state index < -0.39 is 0 Å². The number of carbonyl (C=O) groups excluding carboxylic acids is 1. The highest BCUT2D eigenvalue weighted by atomic mass is 16.3. The number of carbonyl (C=O) groups is 1. The molecule has 4 rings (SSSR count). The number of rotatable bonds is 3. The number of fused-ring (bicyclic) bond motifs is 2. The molecule has 5 unspecified atom stereocenters. The largest absolute Gasteiger partial charge is 0.393 e. The minimum Gasteiger partial charge on any atom is -0.393 e. The molecule has 3 aliphatic rings. The lowest BCUT2D eigenvalue weighted by atomic mass is 9.85. The first-order chi connectivity index (χ1) is 11.7. The predicted octanol–water partition coefficient (Wildman–Crippen LogP) is 2.57. The van der Waals surface area contributed by atoms with Gasteiger partial charge < -0.3 is 15.3 Å². The highest BCUT2D eigenvalue weighted by Gasteiger charge is 2.44. The van der Waals surface area contributed by atoms with Crippen molar-refractivity contribution in [2.75, 3.05) is 18.0 Å². The minimum atomic E-state index is -0.178. The lowest BCUT2D eigenvalue weighted by molar-refractivity contribution is -0.126. The second kappa shape index (κ2) is 6.75. The van der Waals surface area contributed by atoms with Crippen molar-refractivity contribution in [3.05, 3.63) is 30.3 Å². The van der Waals surface area contributed by atoms with E-state index in [9.17, 15) is 9.90 Å². The summed E-state index contributed by atoms with van der Waals surface area (Å²) in [6.45, 7) is 1.97. The number of hydrogen-bond donors (Lipinski definition) is 2. The van der Waals surface area contributed by atoms with Crippen LogP contribution in [-0.2, 0) is 4.79 Å². The summed E-state index contributed by atoms with van der Waals surface area (Å²) in [6.07, 6.45) is 5.82. The van der Waals surface area contributed by atoms with Crippen molar-refractivity contribution in [2.45, 2.75) is 50.7 Å². The molecule has 130 valence electrons. The maximum Gasteiger partial charge on any atom is 0.223 e. The number of para-hydroxylation sites is 1. The summed E-state index contributed by atoms with van der Waals surface area (Å²) in [4.78, 5) is 15.2. The van der Waals surface area contributed by atoms with Gasteiger partial charge in [0.15, 0.2) is 0 Å². The van der Waals surface area contributed by atoms with Crippen LogP contribution < -0.4 is 10.2 Å². The van der Waals surface area contributed by atoms with Crippen molar-refractivity contribution in [2.24, 2.45) is 17.8 Å². The van der Waals surface area contributed by atoms with Gasteiger partial charge in [0.2, 0.25) is 5.91 Å². The average Bonchev–Trinajstić information content (AvgIpc) is 2.98. The molecule has 0 radical (unpaired) electrons. The molecule has 1 heterocycles. The van der Waals surface area contributed by atoms with Crippen molar-refractivity contribution in [3.8, 4) is 0 Å². The molecule has 4 nitrogen and oxygen atoms in total. The standard InChI is InChI=1S/C20H28N2O2/c23-19-9-8-14-11-15(19)12-18(14)20(24)21-16-5-4-10-22(13-16)17-6-2-1-3-7-17/h1-3,6-7,14-16,18-19,23H,4-5,8-13H2,(H,21,24). The van der Waals surface area contributed by atoms with E-state index in [0.717, 1.165) is 51.6 Å². The molecule has 1 aromatic carbocycles. The molecule has 1 amide bonds. The fraction of sp³-hybridized carbons (Fsp3) is 0.650. The molecule has 2 aliphatic carbocycles. The quantitative estimate of drug-likeness (QED) is 0.897. The molecule has 5 atom stereocenters. The third kappa shape index (κ3) is 3.16. The zero-order chi connectivity index (χ0) is 16.5. The van der Waals surface area contributed by atoms with E-state index in [1.54, 1.807) is 0 Å². The fourth-order valence-electron chi connectivity index (χ4n) is 5.02. The molecule has 4 heteroatoms. The van der Waals surface area contributed by atoms with Crippen molar-refractivity contribution >= 4 is 11.6 Å². The molecule has 3 fully saturated rings. The Hall–Kier alpha value is -1.55. The second-order valence-corrected chi connectivity index (χ2v) is 7.87. The molecule has 2 bridgehead atoms. The zero-order valence-corrected chi connectivity index (χ0v) is 14.2. The number of benzene rings is 1. The van der Waals surface area contributed by atoms with E-state index in [1.165, 1.54) is 5.69 Å². The number of aliphatic hydroxyl groups excluding tert-OH is 1. The lowest BCUT2D eigenvalue weighted by Gasteiger charge is -2.35. The lowest BCUT2D eigenvalue weighted by Crippen LogP contribution is -2.49. The topological polar surface area (TPSA) is 52.6 Å². The monoisotopic (exact) mass is 328 g/mol. The van der Waals surface area contributed by atoms with Crippen LogP contribution in [0.2, 0.25) is 0 Å². The number of anilines is 1. The Bertz CT molecular complexity index is 576. The molecule has 2 saturated carbocycles. The normalized spacial score (nSPS) is 35.7. The van der Waals surface area contributed by atoms with Crippen LogP contribution >= 0.6 is 0 Å². The molecule has 0 spiro atoms. The molecule has 2 N–H and O–H groups in total. The molecule has 1 aliphatic heterocycles. The summed E-state index contributed by atoms with van der Waals surface area (Å²) < 4.78 is 0. The van der Waals surface area contributed by atoms with Gasteiger partial charge in [-0.25, -0.2) is 0 Å². The van der Waals surface area contributed by atoms with Crippen molar-refractivity contribution < 1.29 is 9.90 Å². The van der Waals surface area contributed by atoms with Gasteiger partial charge in [-0.3, -0.25) is 4.79 Å². The van der Waals surface area contributed by atoms with E-state index in [1.807, 2.05) is 6.07 Å². The maximum absolute atomic E-state index is 12.8. The highest BCUT2D eigenvalue weighted by molar-refractivity contribution is 5.79. The Balaban J connectivity index is 1.36. The van der Waals surface area contributed by atoms with Crippen LogP contribution in [0.3, 0.4) is 0 Å². The number of nitrogens with zero attached hydrogens (tertiary/aromatic N) is 1. The molecule has 24 heavy (non-hydrogen) atoms. The molecular formula is C20H28N2O2. The summed E-state index contributed by atoms with van der Waals surface area (Å²) in [7, 11) is 0. The first kappa shape index (κ1) is 15.9. The SMILES string of the molecule is O=C(NC1CCCN(c2ccccc2)C1)C1CC2CC1CCC2O. The van der Waals surface area contributed by atoms with Crippen molar-refractivity contribution in [3.63, 3.8) is 0 Å². The minimum absolute atomic E-state index is 0.124. The zero-order valence-electron chi connectivity index (χ0n) is 14.2. The van der Waals surface area contributed by atoms with Gasteiger partial charge in [0, 0.05) is 30.7 Å². The van der Waals surface area contributed by atoms with Gasteiger partial charge in [-0.05, 0) is 62.5 Å². The Morgan fingerprint density at radius 1 is 1.08 bits per heavy atom. The Labute approximate surface area is 144 Å². The van der Waals surface area contributed by atoms with Crippen molar-refractivity contribution in [1.29, 1.82) is 0 Å². The Kier molecular flexibility index (Phi) is 4.49. The predicted molar refractivity (Wildman–Crippen MR) is 94.8 cm³/mol. The first-order valence-corrected chi connectivity index (χ1v) is 9.49. The van der Waals surface area contributed by atoms with Crippen molar-refractivity contribution in [1.82, 2.24) is 5.32 Å². The third-order valence-electron chi connectivity index (χ3n) is 6.33. The van der Waals surface area contributed by atoms with Gasteiger partial charge in [-0.1, -0.05) is 18.2 Å². The van der Waals surface area contributed by atoms with Crippen LogP contribution in [0.15, 0.2) is 30.3 Å². The average molecular weight is 328 g/mol. The molecule has 0 aromatic heterocycles. The number of aliphatic hydroxyl groups is 1. The molecular weight excluding hydrogens is 300 g/mol. The third-order valence-corrected chi connectivity index (χ3v) is 6.33. The summed E-state index contributed by atoms with van der Waals surface area (Å²) in [5.41, 5.74) is 1.25. The maximum atomic E-state index is 12.8. The number of piperidine rings is 1. The summed E-state index contributed by atoms with van der Waals surface area (Å²) in [5.74, 6) is 1.20. The van der Waals surface area contributed by atoms with Gasteiger partial charge in [-0.15, -0.1) is 0 Å². The number of amides is 1. The van der Waals surface area contributed by atoms with Gasteiger partial charge >= 0.3 is 0 Å². The second-order valence-electron chi connectivity index (χ2n) is 7.87. The first-order valence-electron chi connectivity index (χ1n) is 9.49. The summed E-state index contributed by atoms with van der Waals surface area (Å²) in [5, 5.41) is 13.4. The van der Waals surface area contributed by atoms with Gasteiger partial charge in [0.25, 0.3) is 0 Å². The van der Waals surface area contributed by atoms with Crippen LogP contribution in [-0.4, -0.2) is 36.2 Å². The van der Waals surface area contributed by atoms with Crippen LogP contribution in [0, 0.1) is 17.8 Å². The van der Waals surface area contributed by atoms with Crippen LogP contribution in [0.5, 0.6) is 0 Å². The van der Waals surface area contributed by atoms with E-state index in [4.69, 9.17) is 0 Å². The van der Waals surface area contributed by atoms with Gasteiger partial charge in [0.05, 0.1) is 6.10 Å². The van der Waals surface area contributed by atoms with E-state index in [-0.39, 0.29) is 24.0 Å². The molecule has 1 saturated heterocycles. The van der Waals surface area contributed by atoms with Crippen LogP contribution in [0.25, 0.3) is 0 Å². The molecule has 1 aromatic rings.